The molecule has 2 aromatic carbocycles. The quantitative estimate of drug-likeness (QED) is 0.423. The summed E-state index contributed by atoms with van der Waals surface area (Å²) >= 11 is 2.06. The van der Waals surface area contributed by atoms with Crippen molar-refractivity contribution in [3.05, 3.63) is 69.3 Å². The Bertz CT molecular complexity index is 658. The Hall–Kier alpha value is -1.89. The zero-order valence-electron chi connectivity index (χ0n) is 12.6. The average molecular weight is 423 g/mol. The van der Waals surface area contributed by atoms with E-state index in [-0.39, 0.29) is 12.5 Å². The van der Waals surface area contributed by atoms with Crippen molar-refractivity contribution in [2.45, 2.75) is 12.8 Å². The summed E-state index contributed by atoms with van der Waals surface area (Å²) in [5.41, 5.74) is 1.72. The van der Waals surface area contributed by atoms with Crippen molar-refractivity contribution in [2.75, 3.05) is 13.2 Å². The first-order valence-electron chi connectivity index (χ1n) is 7.39. The molecule has 0 aromatic heterocycles. The molecule has 0 saturated heterocycles. The van der Waals surface area contributed by atoms with E-state index in [9.17, 15) is 9.59 Å². The molecule has 0 bridgehead atoms. The molecule has 1 N–H and O–H groups in total. The lowest BCUT2D eigenvalue weighted by Gasteiger charge is -2.07. The number of aryl methyl sites for hydroxylation is 1. The smallest absolute Gasteiger partial charge is 0.339 e. The van der Waals surface area contributed by atoms with Gasteiger partial charge in [-0.1, -0.05) is 42.5 Å². The molecule has 0 radical (unpaired) electrons. The highest BCUT2D eigenvalue weighted by Crippen LogP contribution is 2.12. The predicted octanol–water partition coefficient (Wildman–Crippen LogP) is 3.20. The summed E-state index contributed by atoms with van der Waals surface area (Å²) in [5.74, 6) is -0.758. The highest BCUT2D eigenvalue weighted by Gasteiger charge is 2.12. The molecule has 5 heteroatoms. The Morgan fingerprint density at radius 1 is 1.00 bits per heavy atom. The fraction of sp³-hybridized carbons (Fsp3) is 0.222. The van der Waals surface area contributed by atoms with E-state index in [4.69, 9.17) is 4.74 Å². The highest BCUT2D eigenvalue weighted by molar-refractivity contribution is 14.1. The average Bonchev–Trinajstić information content (AvgIpc) is 2.58. The molecule has 0 aliphatic rings. The molecule has 2 aromatic rings. The summed E-state index contributed by atoms with van der Waals surface area (Å²) in [5, 5.41) is 2.76. The number of carbonyl (C=O) groups is 2. The number of halogens is 1. The minimum absolute atomic E-state index is 0.255. The molecule has 0 aliphatic heterocycles. The standard InChI is InChI=1S/C18H18INO3/c19-16-11-5-4-10-15(16)18(22)23-13-17(21)20-12-6-9-14-7-2-1-3-8-14/h1-5,7-8,10-11H,6,9,12-13H2,(H,20,21). The molecule has 4 nitrogen and oxygen atoms in total. The Morgan fingerprint density at radius 2 is 1.70 bits per heavy atom. The molecule has 120 valence electrons. The summed E-state index contributed by atoms with van der Waals surface area (Å²) < 4.78 is 5.83. The van der Waals surface area contributed by atoms with E-state index in [0.717, 1.165) is 16.4 Å². The highest BCUT2D eigenvalue weighted by atomic mass is 127. The maximum absolute atomic E-state index is 11.9. The van der Waals surface area contributed by atoms with Crippen molar-refractivity contribution in [2.24, 2.45) is 0 Å². The Kier molecular flexibility index (Phi) is 7.06. The van der Waals surface area contributed by atoms with Gasteiger partial charge in [0.05, 0.1) is 5.56 Å². The second-order valence-electron chi connectivity index (χ2n) is 5.00. The number of esters is 1. The second kappa shape index (κ2) is 9.29. The van der Waals surface area contributed by atoms with Gasteiger partial charge in [-0.05, 0) is 53.1 Å². The number of rotatable bonds is 7. The summed E-state index contributed by atoms with van der Waals surface area (Å²) in [4.78, 5) is 23.6. The van der Waals surface area contributed by atoms with E-state index < -0.39 is 5.97 Å². The van der Waals surface area contributed by atoms with Crippen LogP contribution < -0.4 is 5.32 Å². The normalized spacial score (nSPS) is 10.1. The maximum Gasteiger partial charge on any atom is 0.339 e. The Morgan fingerprint density at radius 3 is 2.43 bits per heavy atom. The molecule has 0 atom stereocenters. The molecule has 0 saturated carbocycles. The molecule has 0 aliphatic carbocycles. The van der Waals surface area contributed by atoms with Gasteiger partial charge in [-0.2, -0.15) is 0 Å². The molecule has 0 heterocycles. The van der Waals surface area contributed by atoms with E-state index in [1.807, 2.05) is 30.3 Å². The van der Waals surface area contributed by atoms with Gasteiger partial charge in [-0.3, -0.25) is 4.79 Å². The van der Waals surface area contributed by atoms with Crippen LogP contribution in [0, 0.1) is 3.57 Å². The number of hydrogen-bond acceptors (Lipinski definition) is 3. The Labute approximate surface area is 149 Å². The molecule has 23 heavy (non-hydrogen) atoms. The molecule has 0 spiro atoms. The van der Waals surface area contributed by atoms with E-state index in [2.05, 4.69) is 40.0 Å². The van der Waals surface area contributed by atoms with Crippen LogP contribution >= 0.6 is 22.6 Å². The van der Waals surface area contributed by atoms with Crippen LogP contribution in [0.1, 0.15) is 22.3 Å². The number of ether oxygens (including phenoxy) is 1. The third-order valence-electron chi connectivity index (χ3n) is 3.24. The van der Waals surface area contributed by atoms with Gasteiger partial charge in [0.1, 0.15) is 0 Å². The lowest BCUT2D eigenvalue weighted by atomic mass is 10.1. The minimum Gasteiger partial charge on any atom is -0.452 e. The van der Waals surface area contributed by atoms with E-state index in [1.165, 1.54) is 5.56 Å². The van der Waals surface area contributed by atoms with Gasteiger partial charge >= 0.3 is 5.97 Å². The van der Waals surface area contributed by atoms with Gasteiger partial charge < -0.3 is 10.1 Å². The zero-order chi connectivity index (χ0) is 16.5. The van der Waals surface area contributed by atoms with Crippen molar-refractivity contribution in [3.8, 4) is 0 Å². The van der Waals surface area contributed by atoms with Gasteiger partial charge in [0.2, 0.25) is 0 Å². The van der Waals surface area contributed by atoms with Crippen LogP contribution in [-0.2, 0) is 16.0 Å². The summed E-state index contributed by atoms with van der Waals surface area (Å²) in [6.07, 6.45) is 1.75. The van der Waals surface area contributed by atoms with Crippen LogP contribution in [0.25, 0.3) is 0 Å². The fourth-order valence-electron chi connectivity index (χ4n) is 2.05. The van der Waals surface area contributed by atoms with Crippen LogP contribution in [0.3, 0.4) is 0 Å². The van der Waals surface area contributed by atoms with Gasteiger partial charge in [0.15, 0.2) is 6.61 Å². The van der Waals surface area contributed by atoms with Crippen molar-refractivity contribution >= 4 is 34.5 Å². The van der Waals surface area contributed by atoms with Crippen LogP contribution in [0.15, 0.2) is 54.6 Å². The van der Waals surface area contributed by atoms with Crippen molar-refractivity contribution in [1.82, 2.24) is 5.32 Å². The summed E-state index contributed by atoms with van der Waals surface area (Å²) in [7, 11) is 0. The first-order valence-corrected chi connectivity index (χ1v) is 8.47. The lowest BCUT2D eigenvalue weighted by Crippen LogP contribution is -2.29. The van der Waals surface area contributed by atoms with Crippen LogP contribution in [-0.4, -0.2) is 25.0 Å². The van der Waals surface area contributed by atoms with Gasteiger partial charge in [0.25, 0.3) is 5.91 Å². The SMILES string of the molecule is O=C(COC(=O)c1ccccc1I)NCCCc1ccccc1. The largest absolute Gasteiger partial charge is 0.452 e. The monoisotopic (exact) mass is 423 g/mol. The first kappa shape index (κ1) is 17.5. The Balaban J connectivity index is 1.65. The number of amides is 1. The molecule has 1 amide bonds. The van der Waals surface area contributed by atoms with Crippen molar-refractivity contribution in [1.29, 1.82) is 0 Å². The number of carbonyl (C=O) groups excluding carboxylic acids is 2. The molecule has 2 rings (SSSR count). The van der Waals surface area contributed by atoms with Crippen molar-refractivity contribution < 1.29 is 14.3 Å². The first-order chi connectivity index (χ1) is 11.2. The van der Waals surface area contributed by atoms with E-state index >= 15 is 0 Å². The molecule has 0 unspecified atom stereocenters. The summed E-state index contributed by atoms with van der Waals surface area (Å²) in [6, 6.07) is 17.2. The third kappa shape index (κ3) is 6.02. The van der Waals surface area contributed by atoms with Gasteiger partial charge in [-0.15, -0.1) is 0 Å². The zero-order valence-corrected chi connectivity index (χ0v) is 14.8. The summed E-state index contributed by atoms with van der Waals surface area (Å²) in [6.45, 7) is 0.309. The van der Waals surface area contributed by atoms with Crippen LogP contribution in [0.4, 0.5) is 0 Å². The van der Waals surface area contributed by atoms with Crippen LogP contribution in [0.5, 0.6) is 0 Å². The number of nitrogens with one attached hydrogen (secondary N) is 1. The van der Waals surface area contributed by atoms with E-state index in [1.54, 1.807) is 12.1 Å². The topological polar surface area (TPSA) is 55.4 Å². The number of hydrogen-bond donors (Lipinski definition) is 1. The molecular formula is C18H18INO3. The molecular weight excluding hydrogens is 405 g/mol. The second-order valence-corrected chi connectivity index (χ2v) is 6.16. The van der Waals surface area contributed by atoms with E-state index in [0.29, 0.717) is 12.1 Å². The van der Waals surface area contributed by atoms with Gasteiger partial charge in [-0.25, -0.2) is 4.79 Å². The molecule has 0 fully saturated rings. The lowest BCUT2D eigenvalue weighted by molar-refractivity contribution is -0.124. The fourth-order valence-corrected chi connectivity index (χ4v) is 2.66. The number of benzene rings is 2. The predicted molar refractivity (Wildman–Crippen MR) is 97.2 cm³/mol. The van der Waals surface area contributed by atoms with Gasteiger partial charge in [0, 0.05) is 10.1 Å². The van der Waals surface area contributed by atoms with Crippen LogP contribution in [0.2, 0.25) is 0 Å². The third-order valence-corrected chi connectivity index (χ3v) is 4.18. The van der Waals surface area contributed by atoms with Crippen molar-refractivity contribution in [3.63, 3.8) is 0 Å². The minimum atomic E-state index is -0.477. The maximum atomic E-state index is 11.9.